The molecule has 1 aromatic carbocycles. The minimum Gasteiger partial charge on any atom is -0.399 e. The van der Waals surface area contributed by atoms with Crippen molar-refractivity contribution < 1.29 is 4.79 Å². The molecule has 4 saturated carbocycles. The molecule has 5 rings (SSSR count). The van der Waals surface area contributed by atoms with Gasteiger partial charge >= 0.3 is 0 Å². The van der Waals surface area contributed by atoms with Gasteiger partial charge in [-0.15, -0.1) is 0 Å². The molecule has 0 heterocycles. The number of carbonyl (C=O) groups is 1. The highest BCUT2D eigenvalue weighted by Gasteiger charge is 2.54. The van der Waals surface area contributed by atoms with Gasteiger partial charge in [-0.1, -0.05) is 6.07 Å². The van der Waals surface area contributed by atoms with Gasteiger partial charge in [-0.05, 0) is 80.9 Å². The highest BCUT2D eigenvalue weighted by atomic mass is 16.2. The van der Waals surface area contributed by atoms with Gasteiger partial charge in [0.05, 0.1) is 5.41 Å². The Hall–Kier alpha value is -1.51. The Morgan fingerprint density at radius 1 is 1.14 bits per heavy atom. The summed E-state index contributed by atoms with van der Waals surface area (Å²) in [6.45, 7) is 2.02. The highest BCUT2D eigenvalue weighted by Crippen LogP contribution is 2.60. The predicted octanol–water partition coefficient (Wildman–Crippen LogP) is 3.73. The molecule has 3 heteroatoms. The lowest BCUT2D eigenvalue weighted by molar-refractivity contribution is -0.140. The minimum atomic E-state index is -0.0915. The standard InChI is InChI=1S/C18H24N2O/c1-11-2-3-15(19)7-16(11)20-17(21)18-8-12-4-13(9-18)6-14(5-12)10-18/h2-3,7,12-14H,4-6,8-10,19H2,1H3,(H,20,21). The van der Waals surface area contributed by atoms with E-state index in [0.717, 1.165) is 48.3 Å². The number of hydrogen-bond donors (Lipinski definition) is 2. The number of anilines is 2. The summed E-state index contributed by atoms with van der Waals surface area (Å²) in [5.74, 6) is 2.63. The lowest BCUT2D eigenvalue weighted by Crippen LogP contribution is -2.51. The Labute approximate surface area is 126 Å². The minimum absolute atomic E-state index is 0.0915. The average Bonchev–Trinajstić information content (AvgIpc) is 2.41. The average molecular weight is 284 g/mol. The molecule has 4 bridgehead atoms. The van der Waals surface area contributed by atoms with Crippen LogP contribution in [-0.4, -0.2) is 5.91 Å². The van der Waals surface area contributed by atoms with E-state index in [1.165, 1.54) is 19.3 Å². The van der Waals surface area contributed by atoms with Gasteiger partial charge in [0.15, 0.2) is 0 Å². The van der Waals surface area contributed by atoms with Crippen LogP contribution in [0.3, 0.4) is 0 Å². The molecule has 3 nitrogen and oxygen atoms in total. The molecule has 112 valence electrons. The van der Waals surface area contributed by atoms with Crippen molar-refractivity contribution in [3.63, 3.8) is 0 Å². The van der Waals surface area contributed by atoms with Gasteiger partial charge in [0.1, 0.15) is 0 Å². The Kier molecular flexibility index (Phi) is 2.82. The molecule has 3 N–H and O–H groups in total. The number of nitrogens with one attached hydrogen (secondary N) is 1. The summed E-state index contributed by atoms with van der Waals surface area (Å²) >= 11 is 0. The molecule has 4 aliphatic carbocycles. The largest absolute Gasteiger partial charge is 0.399 e. The molecule has 21 heavy (non-hydrogen) atoms. The number of hydrogen-bond acceptors (Lipinski definition) is 2. The second kappa shape index (κ2) is 4.49. The van der Waals surface area contributed by atoms with Gasteiger partial charge in [-0.2, -0.15) is 0 Å². The molecule has 0 aliphatic heterocycles. The van der Waals surface area contributed by atoms with Crippen LogP contribution in [0.15, 0.2) is 18.2 Å². The summed E-state index contributed by atoms with van der Waals surface area (Å²) in [6, 6.07) is 5.74. The summed E-state index contributed by atoms with van der Waals surface area (Å²) in [5.41, 5.74) is 8.45. The summed E-state index contributed by atoms with van der Waals surface area (Å²) in [6.07, 6.45) is 7.40. The van der Waals surface area contributed by atoms with E-state index in [9.17, 15) is 4.79 Å². The van der Waals surface area contributed by atoms with Crippen LogP contribution in [-0.2, 0) is 4.79 Å². The van der Waals surface area contributed by atoms with E-state index >= 15 is 0 Å². The van der Waals surface area contributed by atoms with E-state index in [0.29, 0.717) is 5.69 Å². The number of carbonyl (C=O) groups excluding carboxylic acids is 1. The molecule has 1 amide bonds. The SMILES string of the molecule is Cc1ccc(N)cc1NC(=O)C12CC3CC(CC(C3)C1)C2. The molecule has 4 aliphatic rings. The smallest absolute Gasteiger partial charge is 0.230 e. The molecule has 0 radical (unpaired) electrons. The van der Waals surface area contributed by atoms with E-state index in [4.69, 9.17) is 5.73 Å². The van der Waals surface area contributed by atoms with Gasteiger partial charge < -0.3 is 11.1 Å². The predicted molar refractivity (Wildman–Crippen MR) is 84.8 cm³/mol. The Morgan fingerprint density at radius 2 is 1.71 bits per heavy atom. The van der Waals surface area contributed by atoms with Crippen LogP contribution in [0.1, 0.15) is 44.1 Å². The number of aryl methyl sites for hydroxylation is 1. The van der Waals surface area contributed by atoms with E-state index in [1.807, 2.05) is 25.1 Å². The zero-order valence-electron chi connectivity index (χ0n) is 12.7. The second-order valence-electron chi connectivity index (χ2n) is 7.73. The second-order valence-corrected chi connectivity index (χ2v) is 7.73. The molecular weight excluding hydrogens is 260 g/mol. The maximum Gasteiger partial charge on any atom is 0.230 e. The van der Waals surface area contributed by atoms with Gasteiger partial charge in [0.2, 0.25) is 5.91 Å². The van der Waals surface area contributed by atoms with Crippen LogP contribution in [0, 0.1) is 30.1 Å². The third kappa shape index (κ3) is 2.14. The normalized spacial score (nSPS) is 36.7. The Balaban J connectivity index is 1.59. The van der Waals surface area contributed by atoms with Crippen molar-refractivity contribution in [3.8, 4) is 0 Å². The zero-order valence-corrected chi connectivity index (χ0v) is 12.7. The van der Waals surface area contributed by atoms with Crippen LogP contribution in [0.2, 0.25) is 0 Å². The van der Waals surface area contributed by atoms with E-state index in [1.54, 1.807) is 0 Å². The number of nitrogens with two attached hydrogens (primary N) is 1. The number of amides is 1. The number of rotatable bonds is 2. The van der Waals surface area contributed by atoms with Crippen molar-refractivity contribution in [2.45, 2.75) is 45.4 Å². The maximum atomic E-state index is 13.0. The first-order chi connectivity index (χ1) is 10.0. The third-order valence-electron chi connectivity index (χ3n) is 6.03. The van der Waals surface area contributed by atoms with Crippen molar-refractivity contribution in [1.82, 2.24) is 0 Å². The number of nitrogen functional groups attached to an aromatic ring is 1. The summed E-state index contributed by atoms with van der Waals surface area (Å²) in [5, 5.41) is 3.19. The fourth-order valence-electron chi connectivity index (χ4n) is 5.42. The van der Waals surface area contributed by atoms with Crippen molar-refractivity contribution in [3.05, 3.63) is 23.8 Å². The molecular formula is C18H24N2O. The van der Waals surface area contributed by atoms with Crippen LogP contribution in [0.25, 0.3) is 0 Å². The van der Waals surface area contributed by atoms with E-state index < -0.39 is 0 Å². The Bertz CT molecular complexity index is 558. The lowest BCUT2D eigenvalue weighted by Gasteiger charge is -2.55. The molecule has 4 fully saturated rings. The topological polar surface area (TPSA) is 55.1 Å². The summed E-state index contributed by atoms with van der Waals surface area (Å²) < 4.78 is 0. The monoisotopic (exact) mass is 284 g/mol. The van der Waals surface area contributed by atoms with E-state index in [2.05, 4.69) is 5.32 Å². The molecule has 1 aromatic rings. The molecule has 0 saturated heterocycles. The van der Waals surface area contributed by atoms with Crippen molar-refractivity contribution in [2.75, 3.05) is 11.1 Å². The molecule has 0 aromatic heterocycles. The van der Waals surface area contributed by atoms with Crippen LogP contribution in [0.4, 0.5) is 11.4 Å². The van der Waals surface area contributed by atoms with Gasteiger partial charge in [-0.25, -0.2) is 0 Å². The first-order valence-electron chi connectivity index (χ1n) is 8.22. The van der Waals surface area contributed by atoms with Crippen molar-refractivity contribution in [1.29, 1.82) is 0 Å². The highest BCUT2D eigenvalue weighted by molar-refractivity contribution is 5.96. The van der Waals surface area contributed by atoms with Crippen molar-refractivity contribution >= 4 is 17.3 Å². The molecule has 0 spiro atoms. The number of benzene rings is 1. The molecule has 0 atom stereocenters. The summed E-state index contributed by atoms with van der Waals surface area (Å²) in [4.78, 5) is 13.0. The fraction of sp³-hybridized carbons (Fsp3) is 0.611. The first-order valence-corrected chi connectivity index (χ1v) is 8.22. The quantitative estimate of drug-likeness (QED) is 0.813. The summed E-state index contributed by atoms with van der Waals surface area (Å²) in [7, 11) is 0. The fourth-order valence-corrected chi connectivity index (χ4v) is 5.42. The zero-order chi connectivity index (χ0) is 14.6. The Morgan fingerprint density at radius 3 is 2.29 bits per heavy atom. The van der Waals surface area contributed by atoms with Gasteiger partial charge in [0.25, 0.3) is 0 Å². The van der Waals surface area contributed by atoms with Crippen LogP contribution >= 0.6 is 0 Å². The molecule has 0 unspecified atom stereocenters. The van der Waals surface area contributed by atoms with Crippen LogP contribution in [0.5, 0.6) is 0 Å². The third-order valence-corrected chi connectivity index (χ3v) is 6.03. The van der Waals surface area contributed by atoms with Gasteiger partial charge in [-0.3, -0.25) is 4.79 Å². The first kappa shape index (κ1) is 13.2. The van der Waals surface area contributed by atoms with Crippen LogP contribution < -0.4 is 11.1 Å². The van der Waals surface area contributed by atoms with E-state index in [-0.39, 0.29) is 11.3 Å². The lowest BCUT2D eigenvalue weighted by atomic mass is 9.49. The van der Waals surface area contributed by atoms with Gasteiger partial charge in [0, 0.05) is 11.4 Å². The maximum absolute atomic E-state index is 13.0. The van der Waals surface area contributed by atoms with Crippen molar-refractivity contribution in [2.24, 2.45) is 23.2 Å².